The molecule has 0 spiro atoms. The molecule has 1 atom stereocenters. The second-order valence-electron chi connectivity index (χ2n) is 4.34. The molecule has 2 aromatic rings. The molecule has 0 saturated carbocycles. The first-order valence-electron chi connectivity index (χ1n) is 5.76. The Hall–Kier alpha value is -1.81. The van der Waals surface area contributed by atoms with Crippen LogP contribution in [0.15, 0.2) is 30.5 Å². The highest BCUT2D eigenvalue weighted by atomic mass is 16.1. The van der Waals surface area contributed by atoms with E-state index in [2.05, 4.69) is 10.3 Å². The minimum atomic E-state index is 0.00713. The zero-order chi connectivity index (χ0) is 12.3. The van der Waals surface area contributed by atoms with Crippen molar-refractivity contribution >= 4 is 22.5 Å². The van der Waals surface area contributed by atoms with Gasteiger partial charge < -0.3 is 16.0 Å². The van der Waals surface area contributed by atoms with Crippen LogP contribution in [0.5, 0.6) is 0 Å². The highest BCUT2D eigenvalue weighted by molar-refractivity contribution is 6.01. The third-order valence-corrected chi connectivity index (χ3v) is 2.80. The molecule has 1 unspecified atom stereocenters. The SMILES string of the molecule is CC(CN)CC(=O)Nc1c[nH]c2ccccc12. The highest BCUT2D eigenvalue weighted by Gasteiger charge is 2.10. The van der Waals surface area contributed by atoms with Crippen molar-refractivity contribution in [3.63, 3.8) is 0 Å². The Morgan fingerprint density at radius 2 is 2.24 bits per heavy atom. The monoisotopic (exact) mass is 231 g/mol. The van der Waals surface area contributed by atoms with Crippen LogP contribution in [0.3, 0.4) is 0 Å². The number of para-hydroxylation sites is 1. The summed E-state index contributed by atoms with van der Waals surface area (Å²) in [6.45, 7) is 2.50. The minimum absolute atomic E-state index is 0.00713. The third-order valence-electron chi connectivity index (χ3n) is 2.80. The van der Waals surface area contributed by atoms with E-state index in [1.54, 1.807) is 0 Å². The topological polar surface area (TPSA) is 70.9 Å². The zero-order valence-corrected chi connectivity index (χ0v) is 9.86. The first-order valence-corrected chi connectivity index (χ1v) is 5.76. The number of hydrogen-bond acceptors (Lipinski definition) is 2. The molecule has 1 aromatic carbocycles. The molecule has 17 heavy (non-hydrogen) atoms. The number of carbonyl (C=O) groups excluding carboxylic acids is 1. The fourth-order valence-corrected chi connectivity index (χ4v) is 1.78. The summed E-state index contributed by atoms with van der Waals surface area (Å²) in [6, 6.07) is 7.87. The molecule has 0 saturated heterocycles. The average molecular weight is 231 g/mol. The number of carbonyl (C=O) groups is 1. The minimum Gasteiger partial charge on any atom is -0.359 e. The van der Waals surface area contributed by atoms with Gasteiger partial charge in [-0.2, -0.15) is 0 Å². The number of benzene rings is 1. The Labute approximate surface area is 100 Å². The van der Waals surface area contributed by atoms with Crippen molar-refractivity contribution in [1.29, 1.82) is 0 Å². The number of fused-ring (bicyclic) bond motifs is 1. The Morgan fingerprint density at radius 3 is 3.00 bits per heavy atom. The summed E-state index contributed by atoms with van der Waals surface area (Å²) in [5, 5.41) is 3.93. The number of nitrogens with one attached hydrogen (secondary N) is 2. The van der Waals surface area contributed by atoms with Gasteiger partial charge in [0, 0.05) is 23.5 Å². The summed E-state index contributed by atoms with van der Waals surface area (Å²) in [7, 11) is 0. The Balaban J connectivity index is 2.11. The first-order chi connectivity index (χ1) is 8.20. The van der Waals surface area contributed by atoms with Crippen LogP contribution >= 0.6 is 0 Å². The van der Waals surface area contributed by atoms with E-state index in [0.717, 1.165) is 16.6 Å². The summed E-state index contributed by atoms with van der Waals surface area (Å²) in [5.41, 5.74) is 7.35. The number of nitrogens with two attached hydrogens (primary N) is 1. The quantitative estimate of drug-likeness (QED) is 0.754. The summed E-state index contributed by atoms with van der Waals surface area (Å²) >= 11 is 0. The van der Waals surface area contributed by atoms with E-state index in [1.165, 1.54) is 0 Å². The Kier molecular flexibility index (Phi) is 3.44. The normalized spacial score (nSPS) is 12.6. The van der Waals surface area contributed by atoms with E-state index in [-0.39, 0.29) is 11.8 Å². The zero-order valence-electron chi connectivity index (χ0n) is 9.86. The van der Waals surface area contributed by atoms with E-state index in [1.807, 2.05) is 37.4 Å². The number of rotatable bonds is 4. The average Bonchev–Trinajstić information content (AvgIpc) is 2.72. The number of aromatic nitrogens is 1. The summed E-state index contributed by atoms with van der Waals surface area (Å²) in [6.07, 6.45) is 2.27. The van der Waals surface area contributed by atoms with Crippen LogP contribution in [-0.2, 0) is 4.79 Å². The van der Waals surface area contributed by atoms with E-state index in [4.69, 9.17) is 5.73 Å². The van der Waals surface area contributed by atoms with E-state index >= 15 is 0 Å². The second kappa shape index (κ2) is 5.01. The molecule has 0 bridgehead atoms. The molecular formula is C13H17N3O. The predicted molar refractivity (Wildman–Crippen MR) is 69.8 cm³/mol. The van der Waals surface area contributed by atoms with Crippen LogP contribution in [0.2, 0.25) is 0 Å². The molecule has 0 aliphatic carbocycles. The number of hydrogen-bond donors (Lipinski definition) is 3. The summed E-state index contributed by atoms with van der Waals surface area (Å²) in [5.74, 6) is 0.216. The number of amides is 1. The lowest BCUT2D eigenvalue weighted by Crippen LogP contribution is -2.19. The summed E-state index contributed by atoms with van der Waals surface area (Å²) < 4.78 is 0. The van der Waals surface area contributed by atoms with Crippen molar-refractivity contribution < 1.29 is 4.79 Å². The van der Waals surface area contributed by atoms with Gasteiger partial charge in [-0.05, 0) is 18.5 Å². The van der Waals surface area contributed by atoms with Crippen LogP contribution < -0.4 is 11.1 Å². The van der Waals surface area contributed by atoms with Crippen molar-refractivity contribution in [1.82, 2.24) is 4.98 Å². The maximum Gasteiger partial charge on any atom is 0.224 e. The maximum atomic E-state index is 11.7. The van der Waals surface area contributed by atoms with Crippen LogP contribution in [0.25, 0.3) is 10.9 Å². The molecule has 2 rings (SSSR count). The predicted octanol–water partition coefficient (Wildman–Crippen LogP) is 2.09. The molecule has 4 heteroatoms. The lowest BCUT2D eigenvalue weighted by molar-refractivity contribution is -0.116. The van der Waals surface area contributed by atoms with Gasteiger partial charge in [0.15, 0.2) is 0 Å². The lowest BCUT2D eigenvalue weighted by Gasteiger charge is -2.08. The standard InChI is InChI=1S/C13H17N3O/c1-9(7-14)6-13(17)16-12-8-15-11-5-3-2-4-10(11)12/h2-5,8-9,15H,6-7,14H2,1H3,(H,16,17). The molecule has 0 fully saturated rings. The van der Waals surface area contributed by atoms with E-state index < -0.39 is 0 Å². The van der Waals surface area contributed by atoms with E-state index in [0.29, 0.717) is 13.0 Å². The van der Waals surface area contributed by atoms with Crippen molar-refractivity contribution in [3.8, 4) is 0 Å². The summed E-state index contributed by atoms with van der Waals surface area (Å²) in [4.78, 5) is 14.9. The number of H-pyrrole nitrogens is 1. The van der Waals surface area contributed by atoms with Gasteiger partial charge in [-0.3, -0.25) is 4.79 Å². The van der Waals surface area contributed by atoms with Crippen molar-refractivity contribution in [2.24, 2.45) is 11.7 Å². The molecule has 0 aliphatic rings. The molecular weight excluding hydrogens is 214 g/mol. The fraction of sp³-hybridized carbons (Fsp3) is 0.308. The number of aromatic amines is 1. The van der Waals surface area contributed by atoms with Gasteiger partial charge in [0.05, 0.1) is 5.69 Å². The van der Waals surface area contributed by atoms with Crippen LogP contribution in [0.1, 0.15) is 13.3 Å². The van der Waals surface area contributed by atoms with Crippen molar-refractivity contribution in [2.45, 2.75) is 13.3 Å². The highest BCUT2D eigenvalue weighted by Crippen LogP contribution is 2.22. The first kappa shape index (κ1) is 11.7. The largest absolute Gasteiger partial charge is 0.359 e. The van der Waals surface area contributed by atoms with Crippen molar-refractivity contribution in [2.75, 3.05) is 11.9 Å². The lowest BCUT2D eigenvalue weighted by atomic mass is 10.1. The second-order valence-corrected chi connectivity index (χ2v) is 4.34. The molecule has 1 amide bonds. The molecule has 4 N–H and O–H groups in total. The van der Waals surface area contributed by atoms with Gasteiger partial charge in [0.1, 0.15) is 0 Å². The molecule has 0 radical (unpaired) electrons. The smallest absolute Gasteiger partial charge is 0.224 e. The maximum absolute atomic E-state index is 11.7. The van der Waals surface area contributed by atoms with Gasteiger partial charge in [0.2, 0.25) is 5.91 Å². The van der Waals surface area contributed by atoms with Gasteiger partial charge in [0.25, 0.3) is 0 Å². The Morgan fingerprint density at radius 1 is 1.47 bits per heavy atom. The third kappa shape index (κ3) is 2.65. The molecule has 0 aliphatic heterocycles. The van der Waals surface area contributed by atoms with Crippen LogP contribution in [0, 0.1) is 5.92 Å². The van der Waals surface area contributed by atoms with Crippen molar-refractivity contribution in [3.05, 3.63) is 30.5 Å². The van der Waals surface area contributed by atoms with Crippen LogP contribution in [0.4, 0.5) is 5.69 Å². The Bertz CT molecular complexity index is 518. The fourth-order valence-electron chi connectivity index (χ4n) is 1.78. The molecule has 90 valence electrons. The van der Waals surface area contributed by atoms with Gasteiger partial charge in [-0.25, -0.2) is 0 Å². The molecule has 1 heterocycles. The number of anilines is 1. The molecule has 4 nitrogen and oxygen atoms in total. The molecule has 1 aromatic heterocycles. The van der Waals surface area contributed by atoms with Gasteiger partial charge >= 0.3 is 0 Å². The van der Waals surface area contributed by atoms with Gasteiger partial charge in [-0.1, -0.05) is 25.1 Å². The van der Waals surface area contributed by atoms with Gasteiger partial charge in [-0.15, -0.1) is 0 Å². The van der Waals surface area contributed by atoms with Crippen LogP contribution in [-0.4, -0.2) is 17.4 Å². The van der Waals surface area contributed by atoms with E-state index in [9.17, 15) is 4.79 Å².